The average Bonchev–Trinajstić information content (AvgIpc) is 3.04. The summed E-state index contributed by atoms with van der Waals surface area (Å²) in [6.45, 7) is 10.9. The SMILES string of the molecule is CC=O.CCCC(C)C1CCC2C3C(O)CC4CC(O)CCC4(C)C3CC(O)C12C. The van der Waals surface area contributed by atoms with E-state index in [4.69, 9.17) is 4.79 Å². The summed E-state index contributed by atoms with van der Waals surface area (Å²) in [6.07, 6.45) is 9.39. The first-order valence-corrected chi connectivity index (χ1v) is 12.6. The standard InChI is InChI=1S/C24H42O3.C2H4O/c1-5-6-14(2)17-7-8-18-22-19(13-21(27)24(17,18)4)23(3)10-9-16(25)11-15(23)12-20(22)26;1-2-3/h14-22,25-27H,5-13H2,1-4H3;2H,1H3. The molecule has 0 aromatic rings. The number of aliphatic hydroxyl groups excluding tert-OH is 3. The Morgan fingerprint density at radius 1 is 1.03 bits per heavy atom. The van der Waals surface area contributed by atoms with E-state index in [-0.39, 0.29) is 29.1 Å². The minimum absolute atomic E-state index is 0.0336. The Bertz CT molecular complexity index is 594. The highest BCUT2D eigenvalue weighted by Crippen LogP contribution is 2.68. The van der Waals surface area contributed by atoms with Gasteiger partial charge in [-0.15, -0.1) is 0 Å². The molecular weight excluding hydrogens is 376 g/mol. The summed E-state index contributed by atoms with van der Waals surface area (Å²) < 4.78 is 0. The Balaban J connectivity index is 0.000000806. The molecule has 0 aromatic carbocycles. The zero-order chi connectivity index (χ0) is 22.3. The molecule has 4 fully saturated rings. The Morgan fingerprint density at radius 2 is 1.70 bits per heavy atom. The fourth-order valence-corrected chi connectivity index (χ4v) is 8.79. The first kappa shape index (κ1) is 24.2. The minimum atomic E-state index is -0.254. The molecule has 11 unspecified atom stereocenters. The smallest absolute Gasteiger partial charge is 0.116 e. The number of aldehydes is 1. The largest absolute Gasteiger partial charge is 0.393 e. The quantitative estimate of drug-likeness (QED) is 0.581. The molecule has 0 saturated heterocycles. The number of carbonyl (C=O) groups excluding carboxylic acids is 1. The minimum Gasteiger partial charge on any atom is -0.393 e. The molecular formula is C26H46O4. The van der Waals surface area contributed by atoms with E-state index in [0.717, 1.165) is 38.4 Å². The number of hydrogen-bond donors (Lipinski definition) is 3. The van der Waals surface area contributed by atoms with E-state index in [9.17, 15) is 15.3 Å². The van der Waals surface area contributed by atoms with Crippen LogP contribution in [0, 0.1) is 46.3 Å². The molecule has 4 heteroatoms. The van der Waals surface area contributed by atoms with Gasteiger partial charge in [-0.3, -0.25) is 0 Å². The third-order valence-electron chi connectivity index (χ3n) is 10.3. The molecule has 0 aromatic heterocycles. The van der Waals surface area contributed by atoms with E-state index >= 15 is 0 Å². The van der Waals surface area contributed by atoms with Gasteiger partial charge in [0.1, 0.15) is 6.29 Å². The summed E-state index contributed by atoms with van der Waals surface area (Å²) in [5.74, 6) is 2.86. The Morgan fingerprint density at radius 3 is 2.33 bits per heavy atom. The van der Waals surface area contributed by atoms with Gasteiger partial charge in [-0.2, -0.15) is 0 Å². The van der Waals surface area contributed by atoms with Crippen LogP contribution in [0.1, 0.15) is 92.4 Å². The maximum atomic E-state index is 11.5. The summed E-state index contributed by atoms with van der Waals surface area (Å²) in [6, 6.07) is 0. The number of fused-ring (bicyclic) bond motifs is 5. The Labute approximate surface area is 183 Å². The van der Waals surface area contributed by atoms with Gasteiger partial charge in [0, 0.05) is 0 Å². The average molecular weight is 423 g/mol. The molecule has 4 aliphatic rings. The zero-order valence-electron chi connectivity index (χ0n) is 19.9. The van der Waals surface area contributed by atoms with Crippen molar-refractivity contribution in [2.45, 2.75) is 111 Å². The number of carbonyl (C=O) groups is 1. The molecule has 3 N–H and O–H groups in total. The Hall–Kier alpha value is -0.450. The van der Waals surface area contributed by atoms with Crippen LogP contribution in [-0.2, 0) is 4.79 Å². The third kappa shape index (κ3) is 3.79. The van der Waals surface area contributed by atoms with Crippen molar-refractivity contribution in [3.63, 3.8) is 0 Å². The summed E-state index contributed by atoms with van der Waals surface area (Å²) in [5.41, 5.74) is 0.146. The zero-order valence-corrected chi connectivity index (χ0v) is 19.9. The molecule has 0 radical (unpaired) electrons. The van der Waals surface area contributed by atoms with Crippen molar-refractivity contribution >= 4 is 6.29 Å². The van der Waals surface area contributed by atoms with E-state index in [0.29, 0.717) is 35.5 Å². The second-order valence-electron chi connectivity index (χ2n) is 11.5. The number of aliphatic hydroxyl groups is 3. The molecule has 4 aliphatic carbocycles. The van der Waals surface area contributed by atoms with Gasteiger partial charge in [0.05, 0.1) is 18.3 Å². The van der Waals surface area contributed by atoms with Crippen molar-refractivity contribution in [2.75, 3.05) is 0 Å². The first-order chi connectivity index (χ1) is 14.1. The lowest BCUT2D eigenvalue weighted by molar-refractivity contribution is -0.207. The van der Waals surface area contributed by atoms with Gasteiger partial charge in [-0.25, -0.2) is 0 Å². The fourth-order valence-electron chi connectivity index (χ4n) is 8.79. The highest BCUT2D eigenvalue weighted by molar-refractivity contribution is 5.44. The molecule has 0 heterocycles. The molecule has 0 amide bonds. The molecule has 0 aliphatic heterocycles. The summed E-state index contributed by atoms with van der Waals surface area (Å²) in [5, 5.41) is 32.9. The van der Waals surface area contributed by atoms with Crippen molar-refractivity contribution in [3.8, 4) is 0 Å². The van der Waals surface area contributed by atoms with Gasteiger partial charge in [0.25, 0.3) is 0 Å². The molecule has 0 bridgehead atoms. The Kier molecular flexibility index (Phi) is 7.42. The normalized spacial score (nSPS) is 50.9. The predicted molar refractivity (Wildman–Crippen MR) is 120 cm³/mol. The summed E-state index contributed by atoms with van der Waals surface area (Å²) >= 11 is 0. The number of hydrogen-bond acceptors (Lipinski definition) is 4. The maximum absolute atomic E-state index is 11.5. The highest BCUT2D eigenvalue weighted by Gasteiger charge is 2.65. The maximum Gasteiger partial charge on any atom is 0.116 e. The lowest BCUT2D eigenvalue weighted by Crippen LogP contribution is -2.62. The van der Waals surface area contributed by atoms with Crippen LogP contribution >= 0.6 is 0 Å². The van der Waals surface area contributed by atoms with Gasteiger partial charge >= 0.3 is 0 Å². The summed E-state index contributed by atoms with van der Waals surface area (Å²) in [4.78, 5) is 8.81. The van der Waals surface area contributed by atoms with E-state index in [1.165, 1.54) is 32.6 Å². The van der Waals surface area contributed by atoms with Crippen LogP contribution in [0.3, 0.4) is 0 Å². The predicted octanol–water partition coefficient (Wildman–Crippen LogP) is 4.59. The van der Waals surface area contributed by atoms with Crippen LogP contribution in [0.4, 0.5) is 0 Å². The van der Waals surface area contributed by atoms with Crippen LogP contribution in [0.5, 0.6) is 0 Å². The number of rotatable bonds is 3. The van der Waals surface area contributed by atoms with E-state index in [1.54, 1.807) is 0 Å². The molecule has 4 nitrogen and oxygen atoms in total. The first-order valence-electron chi connectivity index (χ1n) is 12.6. The highest BCUT2D eigenvalue weighted by atomic mass is 16.3. The molecule has 174 valence electrons. The van der Waals surface area contributed by atoms with Crippen molar-refractivity contribution < 1.29 is 20.1 Å². The van der Waals surface area contributed by atoms with Gasteiger partial charge in [0.2, 0.25) is 0 Å². The third-order valence-corrected chi connectivity index (χ3v) is 10.3. The van der Waals surface area contributed by atoms with Gasteiger partial charge in [0.15, 0.2) is 0 Å². The van der Waals surface area contributed by atoms with Crippen LogP contribution in [0.15, 0.2) is 0 Å². The lowest BCUT2D eigenvalue weighted by Gasteiger charge is -2.63. The van der Waals surface area contributed by atoms with Crippen LogP contribution in [0.2, 0.25) is 0 Å². The fraction of sp³-hybridized carbons (Fsp3) is 0.962. The van der Waals surface area contributed by atoms with Crippen LogP contribution in [-0.4, -0.2) is 39.9 Å². The van der Waals surface area contributed by atoms with Crippen LogP contribution in [0.25, 0.3) is 0 Å². The summed E-state index contributed by atoms with van der Waals surface area (Å²) in [7, 11) is 0. The molecule has 4 saturated carbocycles. The monoisotopic (exact) mass is 422 g/mol. The van der Waals surface area contributed by atoms with Gasteiger partial charge < -0.3 is 20.1 Å². The molecule has 30 heavy (non-hydrogen) atoms. The van der Waals surface area contributed by atoms with Crippen LogP contribution < -0.4 is 0 Å². The topological polar surface area (TPSA) is 77.8 Å². The van der Waals surface area contributed by atoms with E-state index in [1.807, 2.05) is 0 Å². The second-order valence-corrected chi connectivity index (χ2v) is 11.5. The van der Waals surface area contributed by atoms with E-state index in [2.05, 4.69) is 27.7 Å². The van der Waals surface area contributed by atoms with Crippen molar-refractivity contribution in [1.29, 1.82) is 0 Å². The molecule has 11 atom stereocenters. The van der Waals surface area contributed by atoms with Crippen molar-refractivity contribution in [1.82, 2.24) is 0 Å². The van der Waals surface area contributed by atoms with E-state index < -0.39 is 0 Å². The lowest BCUT2D eigenvalue weighted by atomic mass is 9.43. The van der Waals surface area contributed by atoms with Crippen molar-refractivity contribution in [2.24, 2.45) is 46.3 Å². The van der Waals surface area contributed by atoms with Gasteiger partial charge in [-0.05, 0) is 98.2 Å². The van der Waals surface area contributed by atoms with Gasteiger partial charge in [-0.1, -0.05) is 40.5 Å². The molecule has 0 spiro atoms. The van der Waals surface area contributed by atoms with Crippen molar-refractivity contribution in [3.05, 3.63) is 0 Å². The molecule has 4 rings (SSSR count). The second kappa shape index (κ2) is 9.19.